The Hall–Kier alpha value is -1.60. The zero-order chi connectivity index (χ0) is 14.0. The molecular formula is C12H10BrFN2O2S. The first kappa shape index (κ1) is 13.8. The van der Waals surface area contributed by atoms with Crippen molar-refractivity contribution in [2.75, 3.05) is 10.5 Å². The predicted octanol–water partition coefficient (Wildman–Crippen LogP) is 2.97. The normalized spacial score (nSPS) is 11.3. The summed E-state index contributed by atoms with van der Waals surface area (Å²) in [6, 6.07) is 9.64. The Morgan fingerprint density at radius 1 is 1.16 bits per heavy atom. The van der Waals surface area contributed by atoms with Gasteiger partial charge in [0.15, 0.2) is 0 Å². The van der Waals surface area contributed by atoms with Crippen molar-refractivity contribution in [1.29, 1.82) is 0 Å². The molecule has 2 aromatic rings. The molecule has 100 valence electrons. The molecule has 0 fully saturated rings. The molecule has 0 radical (unpaired) electrons. The fourth-order valence-electron chi connectivity index (χ4n) is 1.49. The third-order valence-electron chi connectivity index (χ3n) is 2.32. The maximum absolute atomic E-state index is 13.0. The lowest BCUT2D eigenvalue weighted by Gasteiger charge is -2.10. The third-order valence-corrected chi connectivity index (χ3v) is 4.70. The Morgan fingerprint density at radius 2 is 1.89 bits per heavy atom. The Kier molecular flexibility index (Phi) is 3.77. The second kappa shape index (κ2) is 5.18. The molecule has 7 heteroatoms. The smallest absolute Gasteiger partial charge is 0.263 e. The van der Waals surface area contributed by atoms with Gasteiger partial charge < -0.3 is 5.73 Å². The summed E-state index contributed by atoms with van der Waals surface area (Å²) in [5.41, 5.74) is 6.04. The number of hydrogen-bond donors (Lipinski definition) is 2. The summed E-state index contributed by atoms with van der Waals surface area (Å²) in [4.78, 5) is -0.00300. The summed E-state index contributed by atoms with van der Waals surface area (Å²) >= 11 is 3.15. The van der Waals surface area contributed by atoms with Crippen LogP contribution in [0.1, 0.15) is 0 Å². The lowest BCUT2D eigenvalue weighted by atomic mass is 10.3. The lowest BCUT2D eigenvalue weighted by Crippen LogP contribution is -2.14. The van der Waals surface area contributed by atoms with E-state index in [9.17, 15) is 12.8 Å². The van der Waals surface area contributed by atoms with Crippen LogP contribution in [0, 0.1) is 5.82 Å². The van der Waals surface area contributed by atoms with Gasteiger partial charge in [0.2, 0.25) is 0 Å². The molecule has 0 aliphatic heterocycles. The van der Waals surface area contributed by atoms with Crippen molar-refractivity contribution in [3.8, 4) is 0 Å². The number of nitrogen functional groups attached to an aromatic ring is 1. The van der Waals surface area contributed by atoms with Crippen molar-refractivity contribution < 1.29 is 12.8 Å². The van der Waals surface area contributed by atoms with E-state index in [2.05, 4.69) is 20.7 Å². The summed E-state index contributed by atoms with van der Waals surface area (Å²) < 4.78 is 40.0. The van der Waals surface area contributed by atoms with Gasteiger partial charge in [0.05, 0.1) is 5.69 Å². The molecule has 0 aromatic heterocycles. The van der Waals surface area contributed by atoms with Crippen molar-refractivity contribution >= 4 is 37.3 Å². The second-order valence-corrected chi connectivity index (χ2v) is 6.31. The van der Waals surface area contributed by atoms with Gasteiger partial charge >= 0.3 is 0 Å². The monoisotopic (exact) mass is 344 g/mol. The third kappa shape index (κ3) is 3.24. The van der Waals surface area contributed by atoms with Gasteiger partial charge in [-0.2, -0.15) is 0 Å². The number of sulfonamides is 1. The van der Waals surface area contributed by atoms with E-state index >= 15 is 0 Å². The molecule has 0 saturated carbocycles. The number of hydrogen-bond acceptors (Lipinski definition) is 3. The summed E-state index contributed by atoms with van der Waals surface area (Å²) in [6.07, 6.45) is 0. The first-order valence-corrected chi connectivity index (χ1v) is 7.49. The van der Waals surface area contributed by atoms with Crippen LogP contribution in [0.3, 0.4) is 0 Å². The van der Waals surface area contributed by atoms with Crippen LogP contribution in [0.25, 0.3) is 0 Å². The molecule has 2 aromatic carbocycles. The van der Waals surface area contributed by atoms with E-state index in [0.29, 0.717) is 10.2 Å². The Labute approximate surface area is 118 Å². The first-order chi connectivity index (χ1) is 8.88. The van der Waals surface area contributed by atoms with Gasteiger partial charge in [-0.05, 0) is 52.3 Å². The molecule has 0 aliphatic carbocycles. The average molecular weight is 345 g/mol. The minimum Gasteiger partial charge on any atom is -0.399 e. The van der Waals surface area contributed by atoms with Crippen LogP contribution in [0.2, 0.25) is 0 Å². The topological polar surface area (TPSA) is 72.2 Å². The molecule has 0 saturated heterocycles. The van der Waals surface area contributed by atoms with E-state index in [-0.39, 0.29) is 10.6 Å². The van der Waals surface area contributed by atoms with E-state index in [4.69, 9.17) is 5.73 Å². The molecular weight excluding hydrogens is 335 g/mol. The highest BCUT2D eigenvalue weighted by molar-refractivity contribution is 9.10. The Balaban J connectivity index is 2.40. The quantitative estimate of drug-likeness (QED) is 0.840. The predicted molar refractivity (Wildman–Crippen MR) is 75.8 cm³/mol. The van der Waals surface area contributed by atoms with Gasteiger partial charge in [-0.1, -0.05) is 6.07 Å². The molecule has 0 unspecified atom stereocenters. The highest BCUT2D eigenvalue weighted by Gasteiger charge is 2.18. The lowest BCUT2D eigenvalue weighted by molar-refractivity contribution is 0.600. The van der Waals surface area contributed by atoms with E-state index < -0.39 is 15.8 Å². The van der Waals surface area contributed by atoms with Crippen LogP contribution in [-0.2, 0) is 10.0 Å². The van der Waals surface area contributed by atoms with Gasteiger partial charge in [-0.15, -0.1) is 0 Å². The Morgan fingerprint density at radius 3 is 2.58 bits per heavy atom. The highest BCUT2D eigenvalue weighted by Crippen LogP contribution is 2.26. The number of benzene rings is 2. The minimum atomic E-state index is -3.83. The fourth-order valence-corrected chi connectivity index (χ4v) is 3.54. The molecule has 4 nitrogen and oxygen atoms in total. The maximum atomic E-state index is 13.0. The van der Waals surface area contributed by atoms with Gasteiger partial charge in [0.25, 0.3) is 10.0 Å². The molecule has 0 spiro atoms. The van der Waals surface area contributed by atoms with Gasteiger partial charge in [-0.3, -0.25) is 4.72 Å². The van der Waals surface area contributed by atoms with E-state index in [1.54, 1.807) is 6.07 Å². The first-order valence-electron chi connectivity index (χ1n) is 5.22. The minimum absolute atomic E-state index is 0.00300. The number of anilines is 2. The van der Waals surface area contributed by atoms with Crippen LogP contribution >= 0.6 is 15.9 Å². The SMILES string of the molecule is Nc1ccc(Br)c(S(=O)(=O)Nc2cccc(F)c2)c1. The molecule has 19 heavy (non-hydrogen) atoms. The molecule has 0 heterocycles. The fraction of sp³-hybridized carbons (Fsp3) is 0. The van der Waals surface area contributed by atoms with Gasteiger partial charge in [0, 0.05) is 10.2 Å². The zero-order valence-corrected chi connectivity index (χ0v) is 12.0. The van der Waals surface area contributed by atoms with Crippen LogP contribution in [0.5, 0.6) is 0 Å². The zero-order valence-electron chi connectivity index (χ0n) is 9.60. The molecule has 3 N–H and O–H groups in total. The number of rotatable bonds is 3. The van der Waals surface area contributed by atoms with Crippen LogP contribution in [0.4, 0.5) is 15.8 Å². The number of nitrogens with two attached hydrogens (primary N) is 1. The van der Waals surface area contributed by atoms with Crippen LogP contribution in [0.15, 0.2) is 51.8 Å². The molecule has 2 rings (SSSR count). The molecule has 0 bridgehead atoms. The van der Waals surface area contributed by atoms with Gasteiger partial charge in [-0.25, -0.2) is 12.8 Å². The highest BCUT2D eigenvalue weighted by atomic mass is 79.9. The van der Waals surface area contributed by atoms with Crippen molar-refractivity contribution in [2.45, 2.75) is 4.90 Å². The van der Waals surface area contributed by atoms with Crippen LogP contribution in [-0.4, -0.2) is 8.42 Å². The summed E-state index contributed by atoms with van der Waals surface area (Å²) in [5, 5.41) is 0. The van der Waals surface area contributed by atoms with E-state index in [1.807, 2.05) is 0 Å². The molecule has 0 amide bonds. The van der Waals surface area contributed by atoms with E-state index in [1.165, 1.54) is 30.3 Å². The Bertz CT molecular complexity index is 719. The maximum Gasteiger partial charge on any atom is 0.263 e. The summed E-state index contributed by atoms with van der Waals surface area (Å²) in [6.45, 7) is 0. The van der Waals surface area contributed by atoms with Crippen molar-refractivity contribution in [3.63, 3.8) is 0 Å². The van der Waals surface area contributed by atoms with Crippen molar-refractivity contribution in [3.05, 3.63) is 52.8 Å². The van der Waals surface area contributed by atoms with Crippen LogP contribution < -0.4 is 10.5 Å². The standard InChI is InChI=1S/C12H10BrFN2O2S/c13-11-5-4-9(15)7-12(11)19(17,18)16-10-3-1-2-8(14)6-10/h1-7,16H,15H2. The van der Waals surface area contributed by atoms with Crippen molar-refractivity contribution in [2.24, 2.45) is 0 Å². The summed E-state index contributed by atoms with van der Waals surface area (Å²) in [7, 11) is -3.83. The summed E-state index contributed by atoms with van der Waals surface area (Å²) in [5.74, 6) is -0.521. The molecule has 0 aliphatic rings. The largest absolute Gasteiger partial charge is 0.399 e. The number of nitrogens with one attached hydrogen (secondary N) is 1. The molecule has 0 atom stereocenters. The van der Waals surface area contributed by atoms with Crippen molar-refractivity contribution in [1.82, 2.24) is 0 Å². The second-order valence-electron chi connectivity index (χ2n) is 3.81. The number of halogens is 2. The van der Waals surface area contributed by atoms with Gasteiger partial charge in [0.1, 0.15) is 10.7 Å². The average Bonchev–Trinajstić information content (AvgIpc) is 2.31. The van der Waals surface area contributed by atoms with E-state index in [0.717, 1.165) is 6.07 Å².